The van der Waals surface area contributed by atoms with Crippen LogP contribution in [-0.4, -0.2) is 29.3 Å². The van der Waals surface area contributed by atoms with E-state index in [0.29, 0.717) is 0 Å². The Kier molecular flexibility index (Phi) is 4.42. The number of anilines is 1. The highest BCUT2D eigenvalue weighted by molar-refractivity contribution is 7.92. The average Bonchev–Trinajstić information content (AvgIpc) is 2.93. The minimum Gasteiger partial charge on any atom is -0.478 e. The van der Waals surface area contributed by atoms with Gasteiger partial charge in [0.05, 0.1) is 17.4 Å². The van der Waals surface area contributed by atoms with Crippen LogP contribution in [0.5, 0.6) is 0 Å². The fourth-order valence-corrected chi connectivity index (χ4v) is 3.00. The quantitative estimate of drug-likeness (QED) is 0.869. The van der Waals surface area contributed by atoms with Crippen LogP contribution in [0.25, 0.3) is 0 Å². The molecule has 0 saturated heterocycles. The average molecular weight is 341 g/mol. The Labute approximate surface area is 132 Å². The summed E-state index contributed by atoms with van der Waals surface area (Å²) in [5, 5.41) is 13.1. The molecule has 0 bridgehead atoms. The van der Waals surface area contributed by atoms with Gasteiger partial charge in [0.25, 0.3) is 10.0 Å². The van der Waals surface area contributed by atoms with Gasteiger partial charge in [-0.05, 0) is 32.9 Å². The fraction of sp³-hybridized carbons (Fsp3) is 0.286. The van der Waals surface area contributed by atoms with E-state index < -0.39 is 27.4 Å². The van der Waals surface area contributed by atoms with Crippen molar-refractivity contribution in [2.45, 2.75) is 31.7 Å². The number of carboxylic acid groups (broad SMARTS) is 1. The van der Waals surface area contributed by atoms with Crippen LogP contribution in [0.1, 0.15) is 35.8 Å². The Hall–Kier alpha value is -2.42. The summed E-state index contributed by atoms with van der Waals surface area (Å²) >= 11 is 0. The van der Waals surface area contributed by atoms with Crippen LogP contribution in [0.15, 0.2) is 29.4 Å². The van der Waals surface area contributed by atoms with Crippen LogP contribution in [0.3, 0.4) is 0 Å². The number of hydrogen-bond acceptors (Lipinski definition) is 4. The molecule has 0 saturated carbocycles. The second kappa shape index (κ2) is 5.99. The summed E-state index contributed by atoms with van der Waals surface area (Å²) in [7, 11) is -4.03. The predicted octanol–water partition coefficient (Wildman–Crippen LogP) is 2.41. The van der Waals surface area contributed by atoms with Gasteiger partial charge in [-0.15, -0.1) is 0 Å². The van der Waals surface area contributed by atoms with Gasteiger partial charge in [-0.1, -0.05) is 0 Å². The zero-order chi connectivity index (χ0) is 17.4. The molecule has 0 radical (unpaired) electrons. The van der Waals surface area contributed by atoms with Gasteiger partial charge in [0.1, 0.15) is 10.7 Å². The van der Waals surface area contributed by atoms with Gasteiger partial charge in [-0.25, -0.2) is 17.6 Å². The highest BCUT2D eigenvalue weighted by atomic mass is 32.2. The molecule has 0 atom stereocenters. The monoisotopic (exact) mass is 341 g/mol. The van der Waals surface area contributed by atoms with Gasteiger partial charge in [-0.2, -0.15) is 5.10 Å². The maximum absolute atomic E-state index is 13.5. The third-order valence-corrected chi connectivity index (χ3v) is 4.59. The van der Waals surface area contributed by atoms with Crippen LogP contribution in [0, 0.1) is 12.7 Å². The molecule has 0 aliphatic rings. The zero-order valence-electron chi connectivity index (χ0n) is 12.7. The zero-order valence-corrected chi connectivity index (χ0v) is 13.6. The molecule has 1 heterocycles. The lowest BCUT2D eigenvalue weighted by Gasteiger charge is -2.12. The van der Waals surface area contributed by atoms with Crippen LogP contribution in [-0.2, 0) is 10.0 Å². The molecule has 2 rings (SSSR count). The number of halogens is 1. The minimum atomic E-state index is -4.03. The van der Waals surface area contributed by atoms with E-state index in [1.807, 2.05) is 13.8 Å². The molecule has 23 heavy (non-hydrogen) atoms. The van der Waals surface area contributed by atoms with Crippen molar-refractivity contribution in [1.29, 1.82) is 0 Å². The van der Waals surface area contributed by atoms with E-state index in [1.54, 1.807) is 0 Å². The first-order valence-electron chi connectivity index (χ1n) is 6.73. The molecule has 2 aromatic rings. The van der Waals surface area contributed by atoms with E-state index >= 15 is 0 Å². The number of sulfonamides is 1. The Bertz CT molecular complexity index is 859. The topological polar surface area (TPSA) is 101 Å². The summed E-state index contributed by atoms with van der Waals surface area (Å²) in [6.45, 7) is 4.94. The fourth-order valence-electron chi connectivity index (χ4n) is 1.99. The van der Waals surface area contributed by atoms with Crippen molar-refractivity contribution in [3.63, 3.8) is 0 Å². The van der Waals surface area contributed by atoms with Crippen molar-refractivity contribution >= 4 is 21.7 Å². The maximum atomic E-state index is 13.5. The third kappa shape index (κ3) is 3.34. The normalized spacial score (nSPS) is 11.7. The van der Waals surface area contributed by atoms with Crippen LogP contribution in [0.2, 0.25) is 0 Å². The smallest absolute Gasteiger partial charge is 0.338 e. The number of carboxylic acids is 1. The summed E-state index contributed by atoms with van der Waals surface area (Å²) in [6, 6.07) is 2.06. The molecule has 9 heteroatoms. The highest BCUT2D eigenvalue weighted by Gasteiger charge is 2.23. The molecule has 7 nitrogen and oxygen atoms in total. The number of aromatic nitrogens is 2. The Balaban J connectivity index is 2.45. The van der Waals surface area contributed by atoms with Crippen molar-refractivity contribution in [2.24, 2.45) is 0 Å². The summed E-state index contributed by atoms with van der Waals surface area (Å²) < 4.78 is 41.9. The molecule has 0 spiro atoms. The lowest BCUT2D eigenvalue weighted by molar-refractivity contribution is 0.0696. The van der Waals surface area contributed by atoms with E-state index in [0.717, 1.165) is 12.1 Å². The number of hydrogen-bond donors (Lipinski definition) is 2. The van der Waals surface area contributed by atoms with E-state index in [4.69, 9.17) is 0 Å². The Morgan fingerprint density at radius 1 is 1.39 bits per heavy atom. The summed E-state index contributed by atoms with van der Waals surface area (Å²) in [5.41, 5.74) is -0.769. The van der Waals surface area contributed by atoms with Gasteiger partial charge < -0.3 is 5.11 Å². The first kappa shape index (κ1) is 16.9. The molecule has 0 aliphatic carbocycles. The van der Waals surface area contributed by atoms with Gasteiger partial charge >= 0.3 is 5.97 Å². The van der Waals surface area contributed by atoms with E-state index in [2.05, 4.69) is 9.82 Å². The maximum Gasteiger partial charge on any atom is 0.338 e. The number of rotatable bonds is 5. The molecule has 124 valence electrons. The van der Waals surface area contributed by atoms with Crippen molar-refractivity contribution in [1.82, 2.24) is 9.78 Å². The molecule has 0 amide bonds. The third-order valence-electron chi connectivity index (χ3n) is 3.27. The lowest BCUT2D eigenvalue weighted by Crippen LogP contribution is -2.16. The van der Waals surface area contributed by atoms with Gasteiger partial charge in [0, 0.05) is 17.8 Å². The molecule has 0 aliphatic heterocycles. The van der Waals surface area contributed by atoms with Crippen molar-refractivity contribution < 1.29 is 22.7 Å². The standard InChI is InChI=1S/C14H16FN3O4S/c1-8(2)18-7-10(6-16-18)23(21,22)17-12-5-4-11(15)9(3)13(12)14(19)20/h4-8,17H,1-3H3,(H,19,20). The van der Waals surface area contributed by atoms with Crippen LogP contribution >= 0.6 is 0 Å². The number of carbonyl (C=O) groups is 1. The van der Waals surface area contributed by atoms with Gasteiger partial charge in [-0.3, -0.25) is 9.40 Å². The second-order valence-electron chi connectivity index (χ2n) is 5.26. The van der Waals surface area contributed by atoms with E-state index in [1.165, 1.54) is 24.0 Å². The molecule has 1 aromatic carbocycles. The molecule has 0 fully saturated rings. The number of nitrogens with one attached hydrogen (secondary N) is 1. The predicted molar refractivity (Wildman–Crippen MR) is 81.5 cm³/mol. The summed E-state index contributed by atoms with van der Waals surface area (Å²) in [4.78, 5) is 11.2. The molecular weight excluding hydrogens is 325 g/mol. The molecule has 2 N–H and O–H groups in total. The van der Waals surface area contributed by atoms with E-state index in [-0.39, 0.29) is 22.2 Å². The summed E-state index contributed by atoms with van der Waals surface area (Å²) in [5.74, 6) is -2.14. The Morgan fingerprint density at radius 3 is 2.57 bits per heavy atom. The first-order valence-corrected chi connectivity index (χ1v) is 8.21. The molecule has 0 unspecified atom stereocenters. The van der Waals surface area contributed by atoms with Crippen LogP contribution < -0.4 is 4.72 Å². The van der Waals surface area contributed by atoms with E-state index in [9.17, 15) is 22.7 Å². The Morgan fingerprint density at radius 2 is 2.04 bits per heavy atom. The molecular formula is C14H16FN3O4S. The number of aromatic carboxylic acids is 1. The first-order chi connectivity index (χ1) is 10.6. The van der Waals surface area contributed by atoms with Gasteiger partial charge in [0.2, 0.25) is 0 Å². The summed E-state index contributed by atoms with van der Waals surface area (Å²) in [6.07, 6.45) is 2.50. The SMILES string of the molecule is Cc1c(F)ccc(NS(=O)(=O)c2cnn(C(C)C)c2)c1C(=O)O. The minimum absolute atomic E-state index is 0.0263. The van der Waals surface area contributed by atoms with Crippen LogP contribution in [0.4, 0.5) is 10.1 Å². The lowest BCUT2D eigenvalue weighted by atomic mass is 10.1. The molecule has 1 aromatic heterocycles. The van der Waals surface area contributed by atoms with Crippen molar-refractivity contribution in [3.05, 3.63) is 41.5 Å². The largest absolute Gasteiger partial charge is 0.478 e. The number of benzene rings is 1. The highest BCUT2D eigenvalue weighted by Crippen LogP contribution is 2.25. The van der Waals surface area contributed by atoms with Gasteiger partial charge in [0.15, 0.2) is 0 Å². The van der Waals surface area contributed by atoms with Crippen molar-refractivity contribution in [2.75, 3.05) is 4.72 Å². The number of nitrogens with zero attached hydrogens (tertiary/aromatic N) is 2. The van der Waals surface area contributed by atoms with Crippen molar-refractivity contribution in [3.8, 4) is 0 Å². The second-order valence-corrected chi connectivity index (χ2v) is 6.94.